The predicted octanol–water partition coefficient (Wildman–Crippen LogP) is 2.15. The molecule has 1 aromatic rings. The summed E-state index contributed by atoms with van der Waals surface area (Å²) in [7, 11) is 0. The summed E-state index contributed by atoms with van der Waals surface area (Å²) in [6.07, 6.45) is 0.221. The summed E-state index contributed by atoms with van der Waals surface area (Å²) in [6.45, 7) is 0.0476. The van der Waals surface area contributed by atoms with Crippen molar-refractivity contribution in [1.82, 2.24) is 5.01 Å². The molecule has 1 heterocycles. The Kier molecular flexibility index (Phi) is 3.94. The third-order valence-electron chi connectivity index (χ3n) is 2.61. The van der Waals surface area contributed by atoms with E-state index in [1.165, 1.54) is 12.1 Å². The normalized spacial score (nSPS) is 15.4. The molecule has 0 fully saturated rings. The van der Waals surface area contributed by atoms with Crippen LogP contribution in [0.3, 0.4) is 0 Å². The van der Waals surface area contributed by atoms with Crippen molar-refractivity contribution in [2.24, 2.45) is 5.10 Å². The van der Waals surface area contributed by atoms with Gasteiger partial charge in [0.2, 0.25) is 5.91 Å². The molecule has 100 valence electrons. The molecule has 1 aliphatic rings. The maximum Gasteiger partial charge on any atom is 0.352 e. The highest BCUT2D eigenvalue weighted by molar-refractivity contribution is 9.10. The molecule has 19 heavy (non-hydrogen) atoms. The van der Waals surface area contributed by atoms with Gasteiger partial charge in [0.1, 0.15) is 11.5 Å². The number of amides is 1. The van der Waals surface area contributed by atoms with Crippen molar-refractivity contribution in [1.29, 1.82) is 0 Å². The molecule has 5 nitrogen and oxygen atoms in total. The molecule has 0 radical (unpaired) electrons. The summed E-state index contributed by atoms with van der Waals surface area (Å²) >= 11 is 3.15. The van der Waals surface area contributed by atoms with Gasteiger partial charge in [0.05, 0.1) is 6.54 Å². The molecule has 1 aromatic carbocycles. The molecule has 0 bridgehead atoms. The van der Waals surface area contributed by atoms with Crippen molar-refractivity contribution >= 4 is 33.5 Å². The predicted molar refractivity (Wildman–Crippen MR) is 69.0 cm³/mol. The van der Waals surface area contributed by atoms with Crippen LogP contribution in [-0.4, -0.2) is 27.7 Å². The number of rotatable bonds is 3. The summed E-state index contributed by atoms with van der Waals surface area (Å²) in [4.78, 5) is 22.5. The lowest BCUT2D eigenvalue weighted by atomic mass is 10.1. The van der Waals surface area contributed by atoms with Crippen LogP contribution in [0.5, 0.6) is 0 Å². The quantitative estimate of drug-likeness (QED) is 0.924. The second-order valence-corrected chi connectivity index (χ2v) is 5.00. The standard InChI is InChI=1S/C12H10BrFN2O3/c13-8-3-7(4-9(14)5-8)6-16-11(17)2-1-10(15-16)12(18)19/h3-5H,1-2,6H2,(H,18,19). The minimum atomic E-state index is -1.14. The van der Waals surface area contributed by atoms with Crippen LogP contribution in [-0.2, 0) is 16.1 Å². The van der Waals surface area contributed by atoms with Gasteiger partial charge in [-0.15, -0.1) is 0 Å². The lowest BCUT2D eigenvalue weighted by molar-refractivity contribution is -0.133. The van der Waals surface area contributed by atoms with E-state index in [9.17, 15) is 14.0 Å². The van der Waals surface area contributed by atoms with Crippen LogP contribution >= 0.6 is 15.9 Å². The number of halogens is 2. The first kappa shape index (κ1) is 13.7. The number of hydrogen-bond donors (Lipinski definition) is 1. The van der Waals surface area contributed by atoms with Gasteiger partial charge < -0.3 is 5.11 Å². The summed E-state index contributed by atoms with van der Waals surface area (Å²) in [6, 6.07) is 4.23. The van der Waals surface area contributed by atoms with Gasteiger partial charge >= 0.3 is 5.97 Å². The first-order valence-electron chi connectivity index (χ1n) is 5.52. The number of nitrogens with zero attached hydrogens (tertiary/aromatic N) is 2. The Morgan fingerprint density at radius 1 is 1.42 bits per heavy atom. The van der Waals surface area contributed by atoms with Crippen LogP contribution in [0, 0.1) is 5.82 Å². The highest BCUT2D eigenvalue weighted by Gasteiger charge is 2.24. The Balaban J connectivity index is 2.23. The van der Waals surface area contributed by atoms with Gasteiger partial charge in [-0.25, -0.2) is 14.2 Å². The van der Waals surface area contributed by atoms with E-state index < -0.39 is 11.8 Å². The van der Waals surface area contributed by atoms with Gasteiger partial charge in [0, 0.05) is 17.3 Å². The first-order chi connectivity index (χ1) is 8.95. The van der Waals surface area contributed by atoms with Gasteiger partial charge in [-0.05, 0) is 23.8 Å². The Morgan fingerprint density at radius 3 is 2.79 bits per heavy atom. The maximum atomic E-state index is 13.2. The maximum absolute atomic E-state index is 13.2. The fraction of sp³-hybridized carbons (Fsp3) is 0.250. The summed E-state index contributed by atoms with van der Waals surface area (Å²) in [5.41, 5.74) is 0.477. The van der Waals surface area contributed by atoms with Gasteiger partial charge in [0.25, 0.3) is 0 Å². The molecule has 0 aromatic heterocycles. The number of carboxylic acids is 1. The van der Waals surface area contributed by atoms with Crippen LogP contribution < -0.4 is 0 Å². The third kappa shape index (κ3) is 3.37. The lowest BCUT2D eigenvalue weighted by Crippen LogP contribution is -2.33. The SMILES string of the molecule is O=C(O)C1=NN(Cc2cc(F)cc(Br)c2)C(=O)CC1. The smallest absolute Gasteiger partial charge is 0.352 e. The van der Waals surface area contributed by atoms with E-state index in [2.05, 4.69) is 21.0 Å². The molecule has 2 rings (SSSR count). The van der Waals surface area contributed by atoms with Crippen LogP contribution in [0.2, 0.25) is 0 Å². The van der Waals surface area contributed by atoms with E-state index in [0.717, 1.165) is 5.01 Å². The first-order valence-corrected chi connectivity index (χ1v) is 6.31. The van der Waals surface area contributed by atoms with E-state index in [1.807, 2.05) is 0 Å². The number of aliphatic carboxylic acids is 1. The fourth-order valence-corrected chi connectivity index (χ4v) is 2.27. The number of carboxylic acid groups (broad SMARTS) is 1. The molecule has 1 N–H and O–H groups in total. The minimum absolute atomic E-state index is 0.0476. The van der Waals surface area contributed by atoms with Gasteiger partial charge in [-0.2, -0.15) is 5.10 Å². The zero-order valence-corrected chi connectivity index (χ0v) is 11.4. The highest BCUT2D eigenvalue weighted by atomic mass is 79.9. The minimum Gasteiger partial charge on any atom is -0.477 e. The zero-order valence-electron chi connectivity index (χ0n) is 9.77. The fourth-order valence-electron chi connectivity index (χ4n) is 1.75. The van der Waals surface area contributed by atoms with Crippen LogP contribution in [0.4, 0.5) is 4.39 Å². The summed E-state index contributed by atoms with van der Waals surface area (Å²) in [5, 5.41) is 13.7. The van der Waals surface area contributed by atoms with Gasteiger partial charge in [0.15, 0.2) is 0 Å². The lowest BCUT2D eigenvalue weighted by Gasteiger charge is -2.22. The van der Waals surface area contributed by atoms with Crippen LogP contribution in [0.25, 0.3) is 0 Å². The van der Waals surface area contributed by atoms with Crippen molar-refractivity contribution in [3.05, 3.63) is 34.1 Å². The second kappa shape index (κ2) is 5.48. The van der Waals surface area contributed by atoms with E-state index in [4.69, 9.17) is 5.11 Å². The number of carbonyl (C=O) groups is 2. The molecule has 0 unspecified atom stereocenters. The average Bonchev–Trinajstić information content (AvgIpc) is 2.30. The van der Waals surface area contributed by atoms with Gasteiger partial charge in [-0.1, -0.05) is 15.9 Å². The van der Waals surface area contributed by atoms with Crippen LogP contribution in [0.15, 0.2) is 27.8 Å². The number of hydrazone groups is 1. The van der Waals surface area contributed by atoms with E-state index in [1.54, 1.807) is 6.07 Å². The van der Waals surface area contributed by atoms with Crippen molar-refractivity contribution in [3.63, 3.8) is 0 Å². The molecule has 1 aliphatic heterocycles. The highest BCUT2D eigenvalue weighted by Crippen LogP contribution is 2.18. The van der Waals surface area contributed by atoms with Gasteiger partial charge in [-0.3, -0.25) is 4.79 Å². The van der Waals surface area contributed by atoms with Crippen molar-refractivity contribution < 1.29 is 19.1 Å². The number of hydrogen-bond acceptors (Lipinski definition) is 3. The van der Waals surface area contributed by atoms with E-state index in [0.29, 0.717) is 10.0 Å². The summed E-state index contributed by atoms with van der Waals surface area (Å²) in [5.74, 6) is -1.85. The Bertz CT molecular complexity index is 554. The zero-order chi connectivity index (χ0) is 14.0. The van der Waals surface area contributed by atoms with E-state index >= 15 is 0 Å². The second-order valence-electron chi connectivity index (χ2n) is 4.08. The molecular weight excluding hydrogens is 319 g/mol. The number of benzene rings is 1. The molecule has 0 saturated heterocycles. The average molecular weight is 329 g/mol. The molecule has 0 atom stereocenters. The Morgan fingerprint density at radius 2 is 2.16 bits per heavy atom. The Hall–Kier alpha value is -1.76. The third-order valence-corrected chi connectivity index (χ3v) is 3.06. The van der Waals surface area contributed by atoms with Crippen molar-refractivity contribution in [3.8, 4) is 0 Å². The molecular formula is C12H10BrFN2O3. The molecule has 1 amide bonds. The van der Waals surface area contributed by atoms with Crippen molar-refractivity contribution in [2.75, 3.05) is 0 Å². The topological polar surface area (TPSA) is 70.0 Å². The largest absolute Gasteiger partial charge is 0.477 e. The van der Waals surface area contributed by atoms with Crippen molar-refractivity contribution in [2.45, 2.75) is 19.4 Å². The summed E-state index contributed by atoms with van der Waals surface area (Å²) < 4.78 is 13.8. The monoisotopic (exact) mass is 328 g/mol. The molecule has 7 heteroatoms. The number of carbonyl (C=O) groups excluding carboxylic acids is 1. The molecule has 0 spiro atoms. The van der Waals surface area contributed by atoms with Crippen LogP contribution in [0.1, 0.15) is 18.4 Å². The van der Waals surface area contributed by atoms with E-state index in [-0.39, 0.29) is 31.0 Å². The molecule has 0 saturated carbocycles. The molecule has 0 aliphatic carbocycles. The Labute approximate surface area is 116 Å².